The van der Waals surface area contributed by atoms with E-state index in [9.17, 15) is 0 Å². The Bertz CT molecular complexity index is 376. The summed E-state index contributed by atoms with van der Waals surface area (Å²) in [6.07, 6.45) is 1.82. The van der Waals surface area contributed by atoms with Gasteiger partial charge in [0.1, 0.15) is 0 Å². The summed E-state index contributed by atoms with van der Waals surface area (Å²) in [5.41, 5.74) is 1.08. The average molecular weight is 262 g/mol. The van der Waals surface area contributed by atoms with E-state index in [-0.39, 0.29) is 6.04 Å². The van der Waals surface area contributed by atoms with Gasteiger partial charge >= 0.3 is 0 Å². The topological polar surface area (TPSA) is 12.0 Å². The first kappa shape index (κ1) is 12.9. The second kappa shape index (κ2) is 6.40. The van der Waals surface area contributed by atoms with E-state index < -0.39 is 0 Å². The summed E-state index contributed by atoms with van der Waals surface area (Å²) in [5.74, 6) is 5.93. The number of hydrogen-bond donors (Lipinski definition) is 1. The van der Waals surface area contributed by atoms with Gasteiger partial charge in [-0.3, -0.25) is 0 Å². The first-order valence-electron chi connectivity index (χ1n) is 4.70. The van der Waals surface area contributed by atoms with E-state index in [1.165, 1.54) is 11.3 Å². The molecule has 0 saturated heterocycles. The smallest absolute Gasteiger partial charge is 0.0991 e. The van der Waals surface area contributed by atoms with Crippen LogP contribution in [0.5, 0.6) is 0 Å². The normalized spacial score (nSPS) is 12.0. The van der Waals surface area contributed by atoms with Crippen molar-refractivity contribution in [3.63, 3.8) is 0 Å². The molecule has 0 aliphatic rings. The van der Waals surface area contributed by atoms with Crippen LogP contribution in [-0.4, -0.2) is 7.05 Å². The van der Waals surface area contributed by atoms with Crippen molar-refractivity contribution in [2.24, 2.45) is 0 Å². The molecule has 0 bridgehead atoms. The summed E-state index contributed by atoms with van der Waals surface area (Å²) in [4.78, 5) is 0. The Kier molecular flexibility index (Phi) is 5.49. The third-order valence-corrected chi connectivity index (χ3v) is 3.66. The van der Waals surface area contributed by atoms with E-state index in [0.29, 0.717) is 0 Å². The molecule has 1 rings (SSSR count). The lowest BCUT2D eigenvalue weighted by molar-refractivity contribution is 0.560. The zero-order chi connectivity index (χ0) is 11.3. The first-order chi connectivity index (χ1) is 7.19. The lowest BCUT2D eigenvalue weighted by Crippen LogP contribution is -2.15. The summed E-state index contributed by atoms with van der Waals surface area (Å²) in [7, 11) is 1.92. The van der Waals surface area contributed by atoms with Crippen molar-refractivity contribution < 1.29 is 0 Å². The van der Waals surface area contributed by atoms with Crippen LogP contribution in [0, 0.1) is 11.8 Å². The van der Waals surface area contributed by atoms with Crippen LogP contribution in [0.2, 0.25) is 8.67 Å². The van der Waals surface area contributed by atoms with Gasteiger partial charge in [0.15, 0.2) is 0 Å². The van der Waals surface area contributed by atoms with Gasteiger partial charge in [0.2, 0.25) is 0 Å². The predicted molar refractivity (Wildman–Crippen MR) is 68.8 cm³/mol. The van der Waals surface area contributed by atoms with Gasteiger partial charge in [0.05, 0.1) is 8.67 Å². The molecule has 1 atom stereocenters. The molecule has 0 saturated carbocycles. The Morgan fingerprint density at radius 1 is 1.53 bits per heavy atom. The van der Waals surface area contributed by atoms with Crippen LogP contribution < -0.4 is 5.32 Å². The fourth-order valence-electron chi connectivity index (χ4n) is 1.39. The van der Waals surface area contributed by atoms with Crippen LogP contribution >= 0.6 is 34.5 Å². The lowest BCUT2D eigenvalue weighted by atomic mass is 10.1. The fraction of sp³-hybridized carbons (Fsp3) is 0.455. The molecule has 0 aromatic carbocycles. The molecule has 0 radical (unpaired) electrons. The van der Waals surface area contributed by atoms with Crippen molar-refractivity contribution in [3.8, 4) is 11.8 Å². The Labute approximate surface area is 105 Å². The highest BCUT2D eigenvalue weighted by molar-refractivity contribution is 7.20. The molecule has 0 fully saturated rings. The van der Waals surface area contributed by atoms with Crippen molar-refractivity contribution >= 4 is 34.5 Å². The van der Waals surface area contributed by atoms with E-state index in [2.05, 4.69) is 17.2 Å². The van der Waals surface area contributed by atoms with E-state index in [4.69, 9.17) is 23.2 Å². The molecule has 1 N–H and O–H groups in total. The van der Waals surface area contributed by atoms with Crippen molar-refractivity contribution in [2.75, 3.05) is 7.05 Å². The van der Waals surface area contributed by atoms with Crippen LogP contribution in [0.3, 0.4) is 0 Å². The third-order valence-electron chi connectivity index (χ3n) is 2.14. The van der Waals surface area contributed by atoms with Crippen LogP contribution in [-0.2, 0) is 0 Å². The number of hydrogen-bond acceptors (Lipinski definition) is 2. The van der Waals surface area contributed by atoms with Crippen molar-refractivity contribution in [2.45, 2.75) is 25.8 Å². The average Bonchev–Trinajstić information content (AvgIpc) is 2.53. The first-order valence-corrected chi connectivity index (χ1v) is 6.28. The minimum atomic E-state index is 0.238. The van der Waals surface area contributed by atoms with Gasteiger partial charge in [-0.05, 0) is 26.5 Å². The molecule has 1 unspecified atom stereocenters. The number of rotatable bonds is 4. The van der Waals surface area contributed by atoms with Crippen LogP contribution in [0.4, 0.5) is 0 Å². The summed E-state index contributed by atoms with van der Waals surface area (Å²) < 4.78 is 1.50. The van der Waals surface area contributed by atoms with Crippen LogP contribution in [0.25, 0.3) is 0 Å². The van der Waals surface area contributed by atoms with Crippen LogP contribution in [0.15, 0.2) is 6.07 Å². The molecule has 0 aliphatic heterocycles. The van der Waals surface area contributed by atoms with Crippen molar-refractivity contribution in [1.82, 2.24) is 5.32 Å². The van der Waals surface area contributed by atoms with E-state index in [1.807, 2.05) is 20.0 Å². The van der Waals surface area contributed by atoms with Gasteiger partial charge in [0, 0.05) is 18.0 Å². The second-order valence-electron chi connectivity index (χ2n) is 3.09. The van der Waals surface area contributed by atoms with Gasteiger partial charge in [-0.25, -0.2) is 0 Å². The SMILES string of the molecule is CC#CCCC(NC)c1cc(Cl)sc1Cl. The van der Waals surface area contributed by atoms with E-state index in [0.717, 1.165) is 27.1 Å². The molecule has 4 heteroatoms. The van der Waals surface area contributed by atoms with Gasteiger partial charge in [-0.2, -0.15) is 0 Å². The molecule has 0 spiro atoms. The molecule has 1 nitrogen and oxygen atoms in total. The standard InChI is InChI=1S/C11H13Cl2NS/c1-3-4-5-6-9(14-2)8-7-10(12)15-11(8)13/h7,9,14H,5-6H2,1-2H3. The molecule has 0 amide bonds. The maximum absolute atomic E-state index is 6.09. The minimum absolute atomic E-state index is 0.238. The maximum Gasteiger partial charge on any atom is 0.0991 e. The lowest BCUT2D eigenvalue weighted by Gasteiger charge is -2.13. The number of thiophene rings is 1. The Morgan fingerprint density at radius 3 is 2.73 bits per heavy atom. The summed E-state index contributed by atoms with van der Waals surface area (Å²) >= 11 is 13.4. The predicted octanol–water partition coefficient (Wildman–Crippen LogP) is 4.12. The third kappa shape index (κ3) is 3.70. The Balaban J connectivity index is 2.72. The van der Waals surface area contributed by atoms with Crippen molar-refractivity contribution in [3.05, 3.63) is 20.3 Å². The van der Waals surface area contributed by atoms with Gasteiger partial charge in [-0.1, -0.05) is 23.2 Å². The monoisotopic (exact) mass is 261 g/mol. The molecular formula is C11H13Cl2NS. The van der Waals surface area contributed by atoms with Crippen LogP contribution in [0.1, 0.15) is 31.4 Å². The second-order valence-corrected chi connectivity index (χ2v) is 5.37. The molecule has 1 heterocycles. The highest BCUT2D eigenvalue weighted by Gasteiger charge is 2.15. The van der Waals surface area contributed by atoms with E-state index >= 15 is 0 Å². The highest BCUT2D eigenvalue weighted by atomic mass is 35.5. The molecule has 1 aromatic rings. The van der Waals surface area contributed by atoms with Crippen molar-refractivity contribution in [1.29, 1.82) is 0 Å². The summed E-state index contributed by atoms with van der Waals surface area (Å²) in [6.45, 7) is 1.85. The number of halogens is 2. The van der Waals surface area contributed by atoms with Gasteiger partial charge < -0.3 is 5.32 Å². The minimum Gasteiger partial charge on any atom is -0.313 e. The van der Waals surface area contributed by atoms with Gasteiger partial charge in [-0.15, -0.1) is 23.2 Å². The molecular weight excluding hydrogens is 249 g/mol. The number of nitrogens with one attached hydrogen (secondary N) is 1. The Morgan fingerprint density at radius 2 is 2.27 bits per heavy atom. The van der Waals surface area contributed by atoms with E-state index in [1.54, 1.807) is 0 Å². The maximum atomic E-state index is 6.09. The molecule has 15 heavy (non-hydrogen) atoms. The largest absolute Gasteiger partial charge is 0.313 e. The van der Waals surface area contributed by atoms with Gasteiger partial charge in [0.25, 0.3) is 0 Å². The summed E-state index contributed by atoms with van der Waals surface area (Å²) in [6, 6.07) is 2.16. The zero-order valence-corrected chi connectivity index (χ0v) is 11.1. The fourth-order valence-corrected chi connectivity index (χ4v) is 2.97. The zero-order valence-electron chi connectivity index (χ0n) is 8.73. The molecule has 1 aromatic heterocycles. The summed E-state index contributed by atoms with van der Waals surface area (Å²) in [5, 5.41) is 3.23. The Hall–Kier alpha value is -0.200. The quantitative estimate of drug-likeness (QED) is 0.805. The molecule has 0 aliphatic carbocycles. The molecule has 82 valence electrons. The highest BCUT2D eigenvalue weighted by Crippen LogP contribution is 2.36.